The zero-order valence-corrected chi connectivity index (χ0v) is 18.0. The molecule has 1 amide bonds. The van der Waals surface area contributed by atoms with Crippen molar-refractivity contribution >= 4 is 21.6 Å². The van der Waals surface area contributed by atoms with Gasteiger partial charge in [0.15, 0.2) is 11.5 Å². The van der Waals surface area contributed by atoms with Gasteiger partial charge < -0.3 is 14.8 Å². The van der Waals surface area contributed by atoms with E-state index in [9.17, 15) is 17.6 Å². The molecule has 0 aliphatic carbocycles. The van der Waals surface area contributed by atoms with Crippen LogP contribution in [-0.2, 0) is 14.8 Å². The first kappa shape index (κ1) is 22.0. The lowest BCUT2D eigenvalue weighted by atomic mass is 9.97. The van der Waals surface area contributed by atoms with Crippen LogP contribution in [0.2, 0.25) is 0 Å². The fourth-order valence-electron chi connectivity index (χ4n) is 3.44. The summed E-state index contributed by atoms with van der Waals surface area (Å²) in [6.45, 7) is 2.17. The van der Waals surface area contributed by atoms with Gasteiger partial charge in [-0.1, -0.05) is 6.07 Å². The quantitative estimate of drug-likeness (QED) is 0.752. The molecule has 7 nitrogen and oxygen atoms in total. The number of anilines is 1. The summed E-state index contributed by atoms with van der Waals surface area (Å²) in [5, 5.41) is 2.61. The Bertz CT molecular complexity index is 1030. The van der Waals surface area contributed by atoms with Crippen molar-refractivity contribution in [3.63, 3.8) is 0 Å². The normalized spacial score (nSPS) is 15.6. The molecule has 1 heterocycles. The number of carbonyl (C=O) groups excluding carboxylic acids is 1. The Kier molecular flexibility index (Phi) is 6.62. The summed E-state index contributed by atoms with van der Waals surface area (Å²) in [4.78, 5) is 12.6. The van der Waals surface area contributed by atoms with Gasteiger partial charge in [0.2, 0.25) is 15.9 Å². The van der Waals surface area contributed by atoms with Gasteiger partial charge in [0.25, 0.3) is 0 Å². The highest BCUT2D eigenvalue weighted by Crippen LogP contribution is 2.32. The smallest absolute Gasteiger partial charge is 0.243 e. The van der Waals surface area contributed by atoms with E-state index in [1.54, 1.807) is 19.1 Å². The Morgan fingerprint density at radius 1 is 1.07 bits per heavy atom. The van der Waals surface area contributed by atoms with Gasteiger partial charge in [-0.2, -0.15) is 4.31 Å². The molecule has 0 saturated carbocycles. The van der Waals surface area contributed by atoms with E-state index < -0.39 is 15.8 Å². The first-order valence-electron chi connectivity index (χ1n) is 9.55. The molecule has 1 aliphatic heterocycles. The van der Waals surface area contributed by atoms with Crippen LogP contribution < -0.4 is 14.8 Å². The lowest BCUT2D eigenvalue weighted by Crippen LogP contribution is -2.41. The molecule has 0 unspecified atom stereocenters. The van der Waals surface area contributed by atoms with Crippen molar-refractivity contribution in [2.45, 2.75) is 24.7 Å². The molecule has 3 rings (SSSR count). The minimum Gasteiger partial charge on any atom is -0.493 e. The van der Waals surface area contributed by atoms with Crippen molar-refractivity contribution in [3.8, 4) is 11.5 Å². The van der Waals surface area contributed by atoms with Crippen LogP contribution in [0.1, 0.15) is 18.4 Å². The van der Waals surface area contributed by atoms with Gasteiger partial charge in [-0.15, -0.1) is 0 Å². The lowest BCUT2D eigenvalue weighted by Gasteiger charge is -2.30. The van der Waals surface area contributed by atoms with E-state index >= 15 is 0 Å². The summed E-state index contributed by atoms with van der Waals surface area (Å²) in [7, 11) is -0.817. The Morgan fingerprint density at radius 2 is 1.73 bits per heavy atom. The summed E-state index contributed by atoms with van der Waals surface area (Å²) < 4.78 is 51.6. The zero-order chi connectivity index (χ0) is 21.9. The Hall–Kier alpha value is -2.65. The summed E-state index contributed by atoms with van der Waals surface area (Å²) >= 11 is 0. The summed E-state index contributed by atoms with van der Waals surface area (Å²) in [5.41, 5.74) is 0.894. The number of halogens is 1. The number of piperidine rings is 1. The van der Waals surface area contributed by atoms with Gasteiger partial charge in [0.05, 0.1) is 24.8 Å². The van der Waals surface area contributed by atoms with Crippen LogP contribution in [0.4, 0.5) is 10.1 Å². The molecule has 30 heavy (non-hydrogen) atoms. The molecule has 1 fully saturated rings. The maximum atomic E-state index is 14.0. The number of sulfonamides is 1. The highest BCUT2D eigenvalue weighted by Gasteiger charge is 2.32. The maximum absolute atomic E-state index is 14.0. The van der Waals surface area contributed by atoms with Crippen molar-refractivity contribution in [1.82, 2.24) is 4.31 Å². The predicted octanol–water partition coefficient (Wildman–Crippen LogP) is 3.19. The minimum atomic E-state index is -3.73. The summed E-state index contributed by atoms with van der Waals surface area (Å²) in [6.07, 6.45) is 0.706. The molecule has 2 aromatic rings. The standard InChI is InChI=1S/C21H25FN2O5S/c1-14-4-6-18(17(22)12-14)23-21(25)15-8-10-24(11-9-15)30(26,27)16-5-7-19(28-2)20(13-16)29-3/h4-7,12-13,15H,8-11H2,1-3H3,(H,23,25). The van der Waals surface area contributed by atoms with Gasteiger partial charge >= 0.3 is 0 Å². The lowest BCUT2D eigenvalue weighted by molar-refractivity contribution is -0.120. The average molecular weight is 437 g/mol. The molecule has 0 atom stereocenters. The fraction of sp³-hybridized carbons (Fsp3) is 0.381. The topological polar surface area (TPSA) is 84.9 Å². The van der Waals surface area contributed by atoms with E-state index in [4.69, 9.17) is 9.47 Å². The van der Waals surface area contributed by atoms with Gasteiger partial charge in [-0.3, -0.25) is 4.79 Å². The number of ether oxygens (including phenoxy) is 2. The SMILES string of the molecule is COc1ccc(S(=O)(=O)N2CCC(C(=O)Nc3ccc(C)cc3F)CC2)cc1OC. The molecule has 162 valence electrons. The number of nitrogens with one attached hydrogen (secondary N) is 1. The Balaban J connectivity index is 1.66. The van der Waals surface area contributed by atoms with Crippen LogP contribution in [0.25, 0.3) is 0 Å². The third kappa shape index (κ3) is 4.57. The van der Waals surface area contributed by atoms with E-state index in [-0.39, 0.29) is 35.5 Å². The van der Waals surface area contributed by atoms with Crippen molar-refractivity contribution in [3.05, 3.63) is 47.8 Å². The second-order valence-corrected chi connectivity index (χ2v) is 9.11. The van der Waals surface area contributed by atoms with E-state index in [2.05, 4.69) is 5.32 Å². The maximum Gasteiger partial charge on any atom is 0.243 e. The number of aryl methyl sites for hydroxylation is 1. The van der Waals surface area contributed by atoms with Crippen molar-refractivity contribution in [2.75, 3.05) is 32.6 Å². The number of methoxy groups -OCH3 is 2. The predicted molar refractivity (Wildman–Crippen MR) is 111 cm³/mol. The van der Waals surface area contributed by atoms with Crippen molar-refractivity contribution < 1.29 is 27.1 Å². The third-order valence-corrected chi connectivity index (χ3v) is 7.09. The van der Waals surface area contributed by atoms with E-state index in [1.807, 2.05) is 0 Å². The first-order valence-corrected chi connectivity index (χ1v) is 11.0. The minimum absolute atomic E-state index is 0.102. The number of nitrogens with zero attached hydrogens (tertiary/aromatic N) is 1. The second kappa shape index (κ2) is 9.01. The van der Waals surface area contributed by atoms with E-state index in [0.29, 0.717) is 24.3 Å². The molecule has 9 heteroatoms. The molecule has 0 radical (unpaired) electrons. The van der Waals surface area contributed by atoms with Crippen LogP contribution in [0.3, 0.4) is 0 Å². The summed E-state index contributed by atoms with van der Waals surface area (Å²) in [6, 6.07) is 9.04. The molecule has 1 saturated heterocycles. The van der Waals surface area contributed by atoms with Crippen LogP contribution in [0.5, 0.6) is 11.5 Å². The van der Waals surface area contributed by atoms with Gasteiger partial charge in [0.1, 0.15) is 5.82 Å². The highest BCUT2D eigenvalue weighted by molar-refractivity contribution is 7.89. The number of hydrogen-bond acceptors (Lipinski definition) is 5. The fourth-order valence-corrected chi connectivity index (χ4v) is 4.93. The second-order valence-electron chi connectivity index (χ2n) is 7.17. The number of rotatable bonds is 6. The molecule has 0 bridgehead atoms. The third-order valence-electron chi connectivity index (χ3n) is 5.20. The number of amides is 1. The first-order chi connectivity index (χ1) is 14.3. The molecule has 2 aromatic carbocycles. The van der Waals surface area contributed by atoms with Crippen LogP contribution >= 0.6 is 0 Å². The highest BCUT2D eigenvalue weighted by atomic mass is 32.2. The number of benzene rings is 2. The summed E-state index contributed by atoms with van der Waals surface area (Å²) in [5.74, 6) is -0.413. The van der Waals surface area contributed by atoms with Gasteiger partial charge in [-0.05, 0) is 49.6 Å². The van der Waals surface area contributed by atoms with Crippen LogP contribution in [-0.4, -0.2) is 45.9 Å². The largest absolute Gasteiger partial charge is 0.493 e. The van der Waals surface area contributed by atoms with Crippen LogP contribution in [0.15, 0.2) is 41.3 Å². The van der Waals surface area contributed by atoms with Gasteiger partial charge in [-0.25, -0.2) is 12.8 Å². The number of hydrogen-bond donors (Lipinski definition) is 1. The molecule has 0 spiro atoms. The number of carbonyl (C=O) groups is 1. The monoisotopic (exact) mass is 436 g/mol. The van der Waals surface area contributed by atoms with Crippen molar-refractivity contribution in [2.24, 2.45) is 5.92 Å². The zero-order valence-electron chi connectivity index (χ0n) is 17.1. The Labute approximate surface area is 175 Å². The van der Waals surface area contributed by atoms with E-state index in [1.165, 1.54) is 42.8 Å². The molecular weight excluding hydrogens is 411 g/mol. The van der Waals surface area contributed by atoms with E-state index in [0.717, 1.165) is 5.56 Å². The van der Waals surface area contributed by atoms with Crippen LogP contribution in [0, 0.1) is 18.7 Å². The Morgan fingerprint density at radius 3 is 2.33 bits per heavy atom. The van der Waals surface area contributed by atoms with Gasteiger partial charge in [0, 0.05) is 25.1 Å². The molecular formula is C21H25FN2O5S. The molecule has 1 aliphatic rings. The molecule has 0 aromatic heterocycles. The average Bonchev–Trinajstić information content (AvgIpc) is 2.75. The van der Waals surface area contributed by atoms with Crippen molar-refractivity contribution in [1.29, 1.82) is 0 Å². The molecule has 1 N–H and O–H groups in total.